The minimum Gasteiger partial charge on any atom is -0.197 e. The Labute approximate surface area is 840 Å². The molecule has 4 heteroatoms. The second-order valence-corrected chi connectivity index (χ2v) is 26.2. The summed E-state index contributed by atoms with van der Waals surface area (Å²) in [6, 6.07) is 0. The van der Waals surface area contributed by atoms with E-state index in [9.17, 15) is 0 Å². The molecule has 0 rings (SSSR count). The van der Waals surface area contributed by atoms with Crippen molar-refractivity contribution in [3.05, 3.63) is 0 Å². The third kappa shape index (κ3) is 420. The molecule has 0 heterocycles. The lowest BCUT2D eigenvalue weighted by atomic mass is 10.0. The van der Waals surface area contributed by atoms with Crippen molar-refractivity contribution in [3.8, 4) is 0 Å². The average Bonchev–Trinajstić information content (AvgIpc) is 1.15. The molecule has 0 radical (unpaired) electrons. The van der Waals surface area contributed by atoms with Gasteiger partial charge in [-0.3, -0.25) is 0 Å². The van der Waals surface area contributed by atoms with Crippen LogP contribution >= 0.6 is 27.0 Å². The molecule has 0 aliphatic rings. The van der Waals surface area contributed by atoms with E-state index in [1.54, 1.807) is 0 Å². The van der Waals surface area contributed by atoms with Crippen LogP contribution in [0.4, 0.5) is 0 Å². The Morgan fingerprint density at radius 2 is 0.105 bits per heavy atom. The van der Waals surface area contributed by atoms with Gasteiger partial charge in [0.25, 0.3) is 0 Å². The van der Waals surface area contributed by atoms with Crippen LogP contribution in [0.1, 0.15) is 797 Å². The van der Waals surface area contributed by atoms with Gasteiger partial charge in [-0.25, -0.2) is 0 Å². The van der Waals surface area contributed by atoms with Crippen LogP contribution in [0.3, 0.4) is 0 Å². The van der Waals surface area contributed by atoms with Crippen molar-refractivity contribution in [2.45, 2.75) is 796 Å². The number of unbranched alkanes of at least 4 members (excludes halogenated alkanes) is 65. The molecule has 0 aromatic carbocycles. The smallest absolute Gasteiger partial charge is 0 e. The van der Waals surface area contributed by atoms with Crippen molar-refractivity contribution in [3.63, 3.8) is 0 Å². The van der Waals surface area contributed by atoms with E-state index in [1.165, 1.54) is 449 Å². The zero-order valence-electron chi connectivity index (χ0n) is 101. The largest absolute Gasteiger partial charge is 0.197 e. The standard InChI is InChI=1S/C25H52.2C17H36.C12H26.C9H20.20C2H6.S2.2H2S.H2/c1-3-5-7-9-11-13-15-17-19-21-23-25-24-22-20-18-16-14-12-10-8-6-4-2;2*1-3-5-7-9-11-13-15-17-16-14-12-10-8-6-4-2;1-3-5-7-9-11-12-10-8-6-4-2;1-3-5-7-9-8-6-4-2;21*1-2;;;/h3-25H2,1-2H3;2*3-17H2,1-2H3;3-12H2,1-2H3;3-9H2,1-2H3;20*1-2H3;;2*1H2;1H/i;;;;;;;;;;;;;;;;;;;;;;;;;;;;1+2. The molecule has 0 fully saturated rings. The van der Waals surface area contributed by atoms with Gasteiger partial charge in [-0.1, -0.05) is 796 Å². The van der Waals surface area contributed by atoms with Gasteiger partial charge in [-0.2, -0.15) is 27.0 Å². The van der Waals surface area contributed by atoms with Gasteiger partial charge < -0.3 is 0 Å². The predicted molar refractivity (Wildman–Crippen MR) is 644 cm³/mol. The third-order valence-corrected chi connectivity index (χ3v) is 17.3. The lowest BCUT2D eigenvalue weighted by molar-refractivity contribution is 0.519. The fourth-order valence-corrected chi connectivity index (χ4v) is 11.3. The molecule has 0 nitrogen and oxygen atoms in total. The first-order valence-corrected chi connectivity index (χ1v) is 61.1. The van der Waals surface area contributed by atoms with Gasteiger partial charge in [0, 0.05) is 23.8 Å². The highest BCUT2D eigenvalue weighted by Crippen LogP contribution is 2.18. The van der Waals surface area contributed by atoms with Gasteiger partial charge in [0.05, 0.1) is 0 Å². The van der Waals surface area contributed by atoms with Gasteiger partial charge in [0.15, 0.2) is 0 Å². The topological polar surface area (TPSA) is 0 Å². The molecule has 0 amide bonds. The fourth-order valence-electron chi connectivity index (χ4n) is 11.3. The van der Waals surface area contributed by atoms with Crippen LogP contribution in [0.25, 0.3) is 0 Å². The molecule has 0 atom stereocenters. The highest BCUT2D eigenvalue weighted by Gasteiger charge is 1.99. The SMILES string of the molecule is CC.CC.CC.CC.CC.CC.CC.CC.CC.CC.CC.CC.CC.CC.CC.CC.CC.CC.CC.CC.CCCCCCCCC.CCCCCCCCCCCC.CCCCCCCCCCCCCCCCC.CCCCCCCCCCCCCCCCC.CCCCCCCCCCCCCCCCCCCCCCCCC.S.S.S=S.[3HH]. The Morgan fingerprint density at radius 3 is 0.129 bits per heavy atom. The Kier molecular flexibility index (Phi) is 613. The highest BCUT2D eigenvalue weighted by molar-refractivity contribution is 8.07. The second kappa shape index (κ2) is 372. The molecule has 0 N–H and O–H groups in total. The van der Waals surface area contributed by atoms with Crippen molar-refractivity contribution in [2.24, 2.45) is 0 Å². The molecule has 0 bridgehead atoms. The molecule has 0 aliphatic heterocycles. The van der Waals surface area contributed by atoms with Crippen LogP contribution in [0.15, 0.2) is 0 Å². The quantitative estimate of drug-likeness (QED) is 0.0557. The van der Waals surface area contributed by atoms with Crippen molar-refractivity contribution in [1.29, 1.82) is 0 Å². The molecule has 0 aliphatic carbocycles. The average molecular weight is 1870 g/mol. The summed E-state index contributed by atoms with van der Waals surface area (Å²) in [5.41, 5.74) is 0. The van der Waals surface area contributed by atoms with E-state index in [0.29, 0.717) is 0 Å². The van der Waals surface area contributed by atoms with Crippen molar-refractivity contribution >= 4 is 49.4 Å². The van der Waals surface area contributed by atoms with Crippen LogP contribution in [0.5, 0.6) is 0 Å². The summed E-state index contributed by atoms with van der Waals surface area (Å²) < 4.78 is 0. The lowest BCUT2D eigenvalue weighted by Gasteiger charge is -2.04. The molecule has 0 spiro atoms. The first-order chi connectivity index (χ1) is 60.6. The van der Waals surface area contributed by atoms with E-state index >= 15 is 0 Å². The normalized spacial score (nSPS) is 8.02. The van der Waals surface area contributed by atoms with Gasteiger partial charge in [-0.15, -0.1) is 0 Å². The zero-order valence-corrected chi connectivity index (χ0v) is 105. The van der Waals surface area contributed by atoms with E-state index in [-0.39, 0.29) is 28.4 Å². The van der Waals surface area contributed by atoms with Crippen molar-refractivity contribution in [2.75, 3.05) is 0 Å². The third-order valence-electron chi connectivity index (χ3n) is 17.3. The van der Waals surface area contributed by atoms with E-state index in [1.807, 2.05) is 277 Å². The first-order valence-electron chi connectivity index (χ1n) is 59.7. The summed E-state index contributed by atoms with van der Waals surface area (Å²) in [6.45, 7) is 103. The number of hydrogen-bond acceptors (Lipinski definition) is 2. The van der Waals surface area contributed by atoms with Crippen LogP contribution in [-0.4, -0.2) is 0 Å². The summed E-state index contributed by atoms with van der Waals surface area (Å²) in [4.78, 5) is 0. The Balaban J connectivity index is -0.0000000311. The van der Waals surface area contributed by atoms with Gasteiger partial charge in [-0.05, 0) is 0 Å². The monoisotopic (exact) mass is 1870 g/mol. The first kappa shape index (κ1) is 204. The van der Waals surface area contributed by atoms with Gasteiger partial charge in [0.1, 0.15) is 0 Å². The highest BCUT2D eigenvalue weighted by atomic mass is 32.8. The maximum absolute atomic E-state index is 3.67. The summed E-state index contributed by atoms with van der Waals surface area (Å²) >= 11 is 7.33. The Hall–Kier alpha value is 1.14. The molecule has 0 aromatic heterocycles. The van der Waals surface area contributed by atoms with E-state index < -0.39 is 0 Å². The minimum atomic E-state index is 0. The predicted octanol–water partition coefficient (Wildman–Crippen LogP) is 53.4. The van der Waals surface area contributed by atoms with Crippen LogP contribution in [0, 0.1) is 0 Å². The van der Waals surface area contributed by atoms with Crippen LogP contribution in [-0.2, 0) is 22.4 Å². The summed E-state index contributed by atoms with van der Waals surface area (Å²) in [5.74, 6) is 0. The molecule has 0 unspecified atom stereocenters. The Bertz CT molecular complexity index is 811. The summed E-state index contributed by atoms with van der Waals surface area (Å²) in [7, 11) is 0. The minimum absolute atomic E-state index is 0. The lowest BCUT2D eigenvalue weighted by Crippen LogP contribution is -1.84. The number of rotatable bonds is 65. The molecular weight excluding hydrogens is 1570 g/mol. The molecule has 0 saturated heterocycles. The molecule has 124 heavy (non-hydrogen) atoms. The van der Waals surface area contributed by atoms with E-state index in [0.717, 1.165) is 0 Å². The molecule has 0 saturated carbocycles. The maximum Gasteiger partial charge on any atom is 0 e. The molecular formula is C120H296S4. The Morgan fingerprint density at radius 1 is 0.0806 bits per heavy atom. The molecule has 800 valence electrons. The number of hydrogen-bond donors (Lipinski definition) is 0. The summed E-state index contributed by atoms with van der Waals surface area (Å²) in [5, 5.41) is 0. The van der Waals surface area contributed by atoms with Crippen molar-refractivity contribution in [1.82, 2.24) is 0 Å². The van der Waals surface area contributed by atoms with Gasteiger partial charge >= 0.3 is 0 Å². The van der Waals surface area contributed by atoms with E-state index in [4.69, 9.17) is 0 Å². The maximum atomic E-state index is 3.67. The molecule has 0 aromatic rings. The van der Waals surface area contributed by atoms with Crippen molar-refractivity contribution < 1.29 is 1.43 Å². The zero-order chi connectivity index (χ0) is 101. The van der Waals surface area contributed by atoms with Gasteiger partial charge in [0.2, 0.25) is 0 Å². The van der Waals surface area contributed by atoms with Crippen LogP contribution < -0.4 is 0 Å². The second-order valence-electron chi connectivity index (χ2n) is 26.2. The summed E-state index contributed by atoms with van der Waals surface area (Å²) in [6.07, 6.45) is 102. The fraction of sp³-hybridized carbons (Fsp3) is 1.00. The van der Waals surface area contributed by atoms with Crippen LogP contribution in [0.2, 0.25) is 0 Å². The van der Waals surface area contributed by atoms with E-state index in [2.05, 4.69) is 91.6 Å².